The van der Waals surface area contributed by atoms with Crippen molar-refractivity contribution in [3.8, 4) is 0 Å². The van der Waals surface area contributed by atoms with E-state index in [0.29, 0.717) is 24.1 Å². The first-order valence-corrected chi connectivity index (χ1v) is 4.76. The average Bonchev–Trinajstić information content (AvgIpc) is 2.28. The number of aliphatic hydroxyl groups excluding tert-OH is 1. The van der Waals surface area contributed by atoms with Gasteiger partial charge in [-0.2, -0.15) is 0 Å². The topological polar surface area (TPSA) is 72.5 Å². The fourth-order valence-corrected chi connectivity index (χ4v) is 1.40. The van der Waals surface area contributed by atoms with Crippen LogP contribution in [0.25, 0.3) is 0 Å². The summed E-state index contributed by atoms with van der Waals surface area (Å²) in [6.07, 6.45) is -0.293. The van der Waals surface area contributed by atoms with Gasteiger partial charge in [0.15, 0.2) is 0 Å². The van der Waals surface area contributed by atoms with Gasteiger partial charge in [-0.1, -0.05) is 18.2 Å². The molecule has 1 aromatic carbocycles. The number of benzene rings is 1. The zero-order valence-corrected chi connectivity index (χ0v) is 8.64. The minimum Gasteiger partial charge on any atom is -0.465 e. The summed E-state index contributed by atoms with van der Waals surface area (Å²) in [7, 11) is 1.31. The van der Waals surface area contributed by atoms with Crippen molar-refractivity contribution in [2.45, 2.75) is 12.5 Å². The Morgan fingerprint density at radius 2 is 2.20 bits per heavy atom. The number of nitrogens with two attached hydrogens (primary N) is 1. The highest BCUT2D eigenvalue weighted by Crippen LogP contribution is 2.20. The smallest absolute Gasteiger partial charge is 0.338 e. The molecule has 0 saturated carbocycles. The second kappa shape index (κ2) is 5.48. The molecule has 3 N–H and O–H groups in total. The fraction of sp³-hybridized carbons (Fsp3) is 0.364. The first-order valence-electron chi connectivity index (χ1n) is 4.76. The van der Waals surface area contributed by atoms with Crippen molar-refractivity contribution >= 4 is 5.97 Å². The van der Waals surface area contributed by atoms with E-state index in [9.17, 15) is 9.90 Å². The molecule has 0 saturated heterocycles. The van der Waals surface area contributed by atoms with E-state index >= 15 is 0 Å². The number of aliphatic hydroxyl groups is 1. The van der Waals surface area contributed by atoms with Gasteiger partial charge in [0.2, 0.25) is 0 Å². The van der Waals surface area contributed by atoms with Gasteiger partial charge in [0.05, 0.1) is 18.8 Å². The molecule has 1 rings (SSSR count). The Morgan fingerprint density at radius 1 is 1.53 bits per heavy atom. The highest BCUT2D eigenvalue weighted by Gasteiger charge is 2.16. The largest absolute Gasteiger partial charge is 0.465 e. The van der Waals surface area contributed by atoms with Crippen LogP contribution in [0.15, 0.2) is 24.3 Å². The second-order valence-electron chi connectivity index (χ2n) is 3.17. The first kappa shape index (κ1) is 11.7. The molecule has 0 aliphatic carbocycles. The molecule has 4 nitrogen and oxygen atoms in total. The quantitative estimate of drug-likeness (QED) is 0.721. The second-order valence-corrected chi connectivity index (χ2v) is 3.17. The van der Waals surface area contributed by atoms with Crippen molar-refractivity contribution in [2.75, 3.05) is 13.7 Å². The van der Waals surface area contributed by atoms with E-state index in [1.54, 1.807) is 24.3 Å². The molecule has 1 aromatic rings. The maximum atomic E-state index is 11.4. The predicted molar refractivity (Wildman–Crippen MR) is 56.4 cm³/mol. The summed E-state index contributed by atoms with van der Waals surface area (Å²) >= 11 is 0. The van der Waals surface area contributed by atoms with Crippen molar-refractivity contribution in [1.29, 1.82) is 0 Å². The van der Waals surface area contributed by atoms with Crippen LogP contribution in [0.5, 0.6) is 0 Å². The lowest BCUT2D eigenvalue weighted by molar-refractivity contribution is 0.0592. The Hall–Kier alpha value is -1.39. The minimum atomic E-state index is -0.717. The first-order chi connectivity index (χ1) is 7.20. The van der Waals surface area contributed by atoms with Crippen LogP contribution in [0.4, 0.5) is 0 Å². The van der Waals surface area contributed by atoms with Crippen LogP contribution in [0.2, 0.25) is 0 Å². The third-order valence-corrected chi connectivity index (χ3v) is 2.17. The zero-order chi connectivity index (χ0) is 11.3. The Morgan fingerprint density at radius 3 is 2.80 bits per heavy atom. The Balaban J connectivity index is 3.00. The number of hydrogen-bond acceptors (Lipinski definition) is 4. The Bertz CT molecular complexity index is 338. The molecule has 0 aromatic heterocycles. The van der Waals surface area contributed by atoms with Crippen molar-refractivity contribution in [1.82, 2.24) is 0 Å². The third kappa shape index (κ3) is 2.78. The number of methoxy groups -OCH3 is 1. The van der Waals surface area contributed by atoms with Crippen LogP contribution in [0, 0.1) is 0 Å². The maximum Gasteiger partial charge on any atom is 0.338 e. The molecule has 0 bridgehead atoms. The lowest BCUT2D eigenvalue weighted by Gasteiger charge is -2.13. The lowest BCUT2D eigenvalue weighted by atomic mass is 10.0. The molecule has 82 valence electrons. The van der Waals surface area contributed by atoms with Crippen molar-refractivity contribution < 1.29 is 14.6 Å². The molecule has 1 atom stereocenters. The summed E-state index contributed by atoms with van der Waals surface area (Å²) in [5.41, 5.74) is 6.30. The molecule has 0 fully saturated rings. The van der Waals surface area contributed by atoms with E-state index in [-0.39, 0.29) is 0 Å². The Labute approximate surface area is 88.7 Å². The van der Waals surface area contributed by atoms with Crippen LogP contribution in [-0.4, -0.2) is 24.7 Å². The molecule has 15 heavy (non-hydrogen) atoms. The van der Waals surface area contributed by atoms with Gasteiger partial charge < -0.3 is 15.6 Å². The molecular weight excluding hydrogens is 194 g/mol. The third-order valence-electron chi connectivity index (χ3n) is 2.17. The molecule has 0 spiro atoms. The number of esters is 1. The summed E-state index contributed by atoms with van der Waals surface area (Å²) in [4.78, 5) is 11.4. The van der Waals surface area contributed by atoms with E-state index in [2.05, 4.69) is 4.74 Å². The van der Waals surface area contributed by atoms with E-state index in [1.165, 1.54) is 7.11 Å². The van der Waals surface area contributed by atoms with Crippen molar-refractivity contribution in [3.05, 3.63) is 35.4 Å². The SMILES string of the molecule is COC(=O)c1ccccc1[C@H](O)CCN. The van der Waals surface area contributed by atoms with Gasteiger partial charge in [0.1, 0.15) is 0 Å². The van der Waals surface area contributed by atoms with Crippen LogP contribution in [0.1, 0.15) is 28.4 Å². The molecule has 4 heteroatoms. The Kier molecular flexibility index (Phi) is 4.27. The van der Waals surface area contributed by atoms with Crippen molar-refractivity contribution in [2.24, 2.45) is 5.73 Å². The minimum absolute atomic E-state index is 0.372. The van der Waals surface area contributed by atoms with Gasteiger partial charge in [0, 0.05) is 0 Å². The number of hydrogen-bond donors (Lipinski definition) is 2. The van der Waals surface area contributed by atoms with Gasteiger partial charge in [-0.05, 0) is 24.6 Å². The molecule has 0 amide bonds. The molecule has 0 heterocycles. The predicted octanol–water partition coefficient (Wildman–Crippen LogP) is 0.855. The fourth-order valence-electron chi connectivity index (χ4n) is 1.40. The van der Waals surface area contributed by atoms with E-state index in [0.717, 1.165) is 0 Å². The van der Waals surface area contributed by atoms with Crippen LogP contribution in [-0.2, 0) is 4.74 Å². The molecule has 0 aliphatic heterocycles. The molecular formula is C11H15NO3. The number of ether oxygens (including phenoxy) is 1. The molecule has 0 aliphatic rings. The number of rotatable bonds is 4. The molecule has 0 unspecified atom stereocenters. The van der Waals surface area contributed by atoms with Crippen LogP contribution in [0.3, 0.4) is 0 Å². The number of carbonyl (C=O) groups excluding carboxylic acids is 1. The summed E-state index contributed by atoms with van der Waals surface area (Å²) in [6, 6.07) is 6.82. The van der Waals surface area contributed by atoms with E-state index in [1.807, 2.05) is 0 Å². The summed E-state index contributed by atoms with van der Waals surface area (Å²) in [6.45, 7) is 0.372. The number of carbonyl (C=O) groups is 1. The van der Waals surface area contributed by atoms with Gasteiger partial charge in [-0.3, -0.25) is 0 Å². The summed E-state index contributed by atoms with van der Waals surface area (Å²) < 4.78 is 4.62. The van der Waals surface area contributed by atoms with Gasteiger partial charge >= 0.3 is 5.97 Å². The van der Waals surface area contributed by atoms with Crippen molar-refractivity contribution in [3.63, 3.8) is 0 Å². The lowest BCUT2D eigenvalue weighted by Crippen LogP contribution is -2.12. The highest BCUT2D eigenvalue weighted by atomic mass is 16.5. The van der Waals surface area contributed by atoms with Crippen LogP contribution < -0.4 is 5.73 Å². The van der Waals surface area contributed by atoms with Gasteiger partial charge in [-0.15, -0.1) is 0 Å². The monoisotopic (exact) mass is 209 g/mol. The standard InChI is InChI=1S/C11H15NO3/c1-15-11(14)9-5-3-2-4-8(9)10(13)6-7-12/h2-5,10,13H,6-7,12H2,1H3/t10-/m1/s1. The highest BCUT2D eigenvalue weighted by molar-refractivity contribution is 5.91. The van der Waals surface area contributed by atoms with E-state index in [4.69, 9.17) is 5.73 Å². The normalized spacial score (nSPS) is 12.2. The van der Waals surface area contributed by atoms with Gasteiger partial charge in [0.25, 0.3) is 0 Å². The maximum absolute atomic E-state index is 11.4. The summed E-state index contributed by atoms with van der Waals surface area (Å²) in [5.74, 6) is -0.443. The molecule has 0 radical (unpaired) electrons. The summed E-state index contributed by atoms with van der Waals surface area (Å²) in [5, 5.41) is 9.76. The average molecular weight is 209 g/mol. The van der Waals surface area contributed by atoms with Crippen LogP contribution >= 0.6 is 0 Å². The van der Waals surface area contributed by atoms with Gasteiger partial charge in [-0.25, -0.2) is 4.79 Å². The van der Waals surface area contributed by atoms with E-state index < -0.39 is 12.1 Å². The zero-order valence-electron chi connectivity index (χ0n) is 8.64.